The summed E-state index contributed by atoms with van der Waals surface area (Å²) < 4.78 is 0. The number of guanidine groups is 1. The lowest BCUT2D eigenvalue weighted by atomic mass is 9.93. The molecule has 2 aliphatic heterocycles. The van der Waals surface area contributed by atoms with Gasteiger partial charge in [-0.25, -0.2) is 0 Å². The third-order valence-electron chi connectivity index (χ3n) is 3.91. The topological polar surface area (TPSA) is 39.7 Å². The van der Waals surface area contributed by atoms with Gasteiger partial charge in [0.15, 0.2) is 5.96 Å². The summed E-state index contributed by atoms with van der Waals surface area (Å²) >= 11 is 0. The van der Waals surface area contributed by atoms with Crippen molar-refractivity contribution in [3.63, 3.8) is 0 Å². The first-order valence-electron chi connectivity index (χ1n) is 7.05. The molecule has 98 valence electrons. The molecular formula is C13H26N4. The first kappa shape index (κ1) is 12.7. The van der Waals surface area contributed by atoms with E-state index in [1.54, 1.807) is 0 Å². The summed E-state index contributed by atoms with van der Waals surface area (Å²) in [7, 11) is 0. The molecule has 0 aliphatic carbocycles. The Morgan fingerprint density at radius 2 is 2.18 bits per heavy atom. The van der Waals surface area contributed by atoms with Gasteiger partial charge < -0.3 is 15.5 Å². The highest BCUT2D eigenvalue weighted by Crippen LogP contribution is 2.19. The maximum absolute atomic E-state index is 4.41. The van der Waals surface area contributed by atoms with Crippen LogP contribution in [0.5, 0.6) is 0 Å². The number of hydrogen-bond acceptors (Lipinski definition) is 4. The number of nitrogens with one attached hydrogen (secondary N) is 2. The van der Waals surface area contributed by atoms with Crippen LogP contribution in [0.3, 0.4) is 0 Å². The highest BCUT2D eigenvalue weighted by molar-refractivity contribution is 5.81. The molecule has 0 amide bonds. The number of nitrogens with zero attached hydrogens (tertiary/aromatic N) is 2. The fourth-order valence-corrected chi connectivity index (χ4v) is 2.65. The largest absolute Gasteiger partial charge is 0.356 e. The molecule has 0 aromatic carbocycles. The standard InChI is InChI=1S/C13H26N4/c1-3-17-8-5-12(6-9-17)4-7-14-13-15-10-11(2)16-13/h11-12H,3-10H2,1-2H3,(H2,14,15,16). The summed E-state index contributed by atoms with van der Waals surface area (Å²) in [5, 5.41) is 6.75. The smallest absolute Gasteiger partial charge is 0.191 e. The van der Waals surface area contributed by atoms with Gasteiger partial charge in [-0.2, -0.15) is 0 Å². The predicted molar refractivity (Wildman–Crippen MR) is 72.4 cm³/mol. The first-order chi connectivity index (χ1) is 8.28. The Morgan fingerprint density at radius 3 is 2.76 bits per heavy atom. The van der Waals surface area contributed by atoms with Gasteiger partial charge in [-0.15, -0.1) is 0 Å². The molecule has 0 bridgehead atoms. The normalized spacial score (nSPS) is 26.7. The Kier molecular flexibility index (Phi) is 4.66. The molecule has 2 rings (SSSR count). The number of rotatable bonds is 4. The van der Waals surface area contributed by atoms with E-state index < -0.39 is 0 Å². The number of likely N-dealkylation sites (tertiary alicyclic amines) is 1. The van der Waals surface area contributed by atoms with Crippen molar-refractivity contribution in [1.82, 2.24) is 15.5 Å². The molecule has 2 heterocycles. The van der Waals surface area contributed by atoms with Crippen molar-refractivity contribution in [3.05, 3.63) is 0 Å². The maximum Gasteiger partial charge on any atom is 0.191 e. The number of piperidine rings is 1. The van der Waals surface area contributed by atoms with E-state index in [1.807, 2.05) is 0 Å². The molecule has 4 nitrogen and oxygen atoms in total. The van der Waals surface area contributed by atoms with Gasteiger partial charge in [0.25, 0.3) is 0 Å². The molecule has 2 N–H and O–H groups in total. The minimum atomic E-state index is 0.505. The monoisotopic (exact) mass is 238 g/mol. The molecule has 2 aliphatic rings. The second-order valence-corrected chi connectivity index (χ2v) is 5.33. The summed E-state index contributed by atoms with van der Waals surface area (Å²) in [5.41, 5.74) is 0. The average Bonchev–Trinajstić information content (AvgIpc) is 2.76. The van der Waals surface area contributed by atoms with Crippen LogP contribution in [0, 0.1) is 5.92 Å². The van der Waals surface area contributed by atoms with Crippen LogP contribution >= 0.6 is 0 Å². The zero-order valence-corrected chi connectivity index (χ0v) is 11.2. The van der Waals surface area contributed by atoms with Gasteiger partial charge in [-0.3, -0.25) is 4.99 Å². The zero-order chi connectivity index (χ0) is 12.1. The Labute approximate surface area is 105 Å². The summed E-state index contributed by atoms with van der Waals surface area (Å²) in [4.78, 5) is 6.96. The van der Waals surface area contributed by atoms with Crippen LogP contribution in [-0.2, 0) is 0 Å². The van der Waals surface area contributed by atoms with Crippen molar-refractivity contribution in [2.45, 2.75) is 39.2 Å². The lowest BCUT2D eigenvalue weighted by molar-refractivity contribution is 0.187. The first-order valence-corrected chi connectivity index (χ1v) is 7.05. The third kappa shape index (κ3) is 3.87. The van der Waals surface area contributed by atoms with E-state index in [-0.39, 0.29) is 0 Å². The van der Waals surface area contributed by atoms with Gasteiger partial charge in [0.05, 0.1) is 6.54 Å². The van der Waals surface area contributed by atoms with Crippen molar-refractivity contribution in [2.75, 3.05) is 32.7 Å². The second-order valence-electron chi connectivity index (χ2n) is 5.33. The second kappa shape index (κ2) is 6.24. The van der Waals surface area contributed by atoms with E-state index in [0.717, 1.165) is 25.0 Å². The summed E-state index contributed by atoms with van der Waals surface area (Å²) in [6.45, 7) is 10.2. The fourth-order valence-electron chi connectivity index (χ4n) is 2.65. The summed E-state index contributed by atoms with van der Waals surface area (Å²) in [6.07, 6.45) is 4.02. The molecule has 17 heavy (non-hydrogen) atoms. The van der Waals surface area contributed by atoms with E-state index in [1.165, 1.54) is 38.9 Å². The summed E-state index contributed by atoms with van der Waals surface area (Å²) in [6, 6.07) is 0.505. The minimum absolute atomic E-state index is 0.505. The number of aliphatic imine (C=N–C) groups is 1. The fraction of sp³-hybridized carbons (Fsp3) is 0.923. The van der Waals surface area contributed by atoms with Gasteiger partial charge in [0.2, 0.25) is 0 Å². The van der Waals surface area contributed by atoms with Crippen LogP contribution < -0.4 is 10.6 Å². The molecular weight excluding hydrogens is 212 g/mol. The van der Waals surface area contributed by atoms with Gasteiger partial charge in [0, 0.05) is 12.6 Å². The van der Waals surface area contributed by atoms with Crippen LogP contribution in [-0.4, -0.2) is 49.6 Å². The van der Waals surface area contributed by atoms with Gasteiger partial charge in [0.1, 0.15) is 0 Å². The lowest BCUT2D eigenvalue weighted by Crippen LogP contribution is -2.39. The summed E-state index contributed by atoms with van der Waals surface area (Å²) in [5.74, 6) is 1.91. The number of hydrogen-bond donors (Lipinski definition) is 2. The molecule has 1 saturated heterocycles. The highest BCUT2D eigenvalue weighted by Gasteiger charge is 2.18. The van der Waals surface area contributed by atoms with Crippen LogP contribution in [0.1, 0.15) is 33.1 Å². The Morgan fingerprint density at radius 1 is 1.41 bits per heavy atom. The van der Waals surface area contributed by atoms with Gasteiger partial charge in [-0.1, -0.05) is 6.92 Å². The van der Waals surface area contributed by atoms with Crippen molar-refractivity contribution in [1.29, 1.82) is 0 Å². The van der Waals surface area contributed by atoms with E-state index >= 15 is 0 Å². The minimum Gasteiger partial charge on any atom is -0.356 e. The van der Waals surface area contributed by atoms with Crippen molar-refractivity contribution < 1.29 is 0 Å². The van der Waals surface area contributed by atoms with Crippen LogP contribution in [0.25, 0.3) is 0 Å². The quantitative estimate of drug-likeness (QED) is 0.769. The average molecular weight is 238 g/mol. The van der Waals surface area contributed by atoms with E-state index in [2.05, 4.69) is 34.4 Å². The van der Waals surface area contributed by atoms with Crippen LogP contribution in [0.15, 0.2) is 4.99 Å². The molecule has 0 radical (unpaired) electrons. The SMILES string of the molecule is CCN1CCC(CCNC2=NCC(C)N2)CC1. The van der Waals surface area contributed by atoms with E-state index in [9.17, 15) is 0 Å². The third-order valence-corrected chi connectivity index (χ3v) is 3.91. The molecule has 1 unspecified atom stereocenters. The lowest BCUT2D eigenvalue weighted by Gasteiger charge is -2.31. The van der Waals surface area contributed by atoms with Crippen molar-refractivity contribution in [2.24, 2.45) is 10.9 Å². The van der Waals surface area contributed by atoms with E-state index in [0.29, 0.717) is 6.04 Å². The van der Waals surface area contributed by atoms with Crippen LogP contribution in [0.2, 0.25) is 0 Å². The maximum atomic E-state index is 4.41. The molecule has 0 saturated carbocycles. The molecule has 0 spiro atoms. The molecule has 1 atom stereocenters. The Bertz CT molecular complexity index is 256. The molecule has 0 aromatic rings. The molecule has 0 aromatic heterocycles. The van der Waals surface area contributed by atoms with Crippen molar-refractivity contribution >= 4 is 5.96 Å². The predicted octanol–water partition coefficient (Wildman–Crippen LogP) is 1.05. The van der Waals surface area contributed by atoms with Gasteiger partial charge >= 0.3 is 0 Å². The van der Waals surface area contributed by atoms with Crippen LogP contribution in [0.4, 0.5) is 0 Å². The van der Waals surface area contributed by atoms with E-state index in [4.69, 9.17) is 0 Å². The Balaban J connectivity index is 1.57. The van der Waals surface area contributed by atoms with Crippen molar-refractivity contribution in [3.8, 4) is 0 Å². The zero-order valence-electron chi connectivity index (χ0n) is 11.2. The Hall–Kier alpha value is -0.770. The highest BCUT2D eigenvalue weighted by atomic mass is 15.2. The molecule has 1 fully saturated rings. The van der Waals surface area contributed by atoms with Gasteiger partial charge in [-0.05, 0) is 51.7 Å². The molecule has 4 heteroatoms.